The van der Waals surface area contributed by atoms with Gasteiger partial charge in [0.2, 0.25) is 0 Å². The van der Waals surface area contributed by atoms with E-state index in [1.54, 1.807) is 39.0 Å². The molecule has 0 N–H and O–H groups in total. The van der Waals surface area contributed by atoms with Gasteiger partial charge in [0.1, 0.15) is 16.2 Å². The fraction of sp³-hybridized carbons (Fsp3) is 0.611. The first-order valence-electron chi connectivity index (χ1n) is 8.49. The van der Waals surface area contributed by atoms with Crippen LogP contribution in [0.5, 0.6) is 0 Å². The molecule has 1 unspecified atom stereocenters. The van der Waals surface area contributed by atoms with E-state index >= 15 is 0 Å². The Morgan fingerprint density at radius 3 is 2.83 bits per heavy atom. The molecule has 130 valence electrons. The quantitative estimate of drug-likeness (QED) is 0.799. The molecular weight excluding hydrogens is 324 g/mol. The van der Waals surface area contributed by atoms with Crippen LogP contribution in [0.3, 0.4) is 0 Å². The number of fused-ring (bicyclic) bond motifs is 3. The van der Waals surface area contributed by atoms with Gasteiger partial charge >= 0.3 is 5.97 Å². The number of aryl methyl sites for hydroxylation is 2. The van der Waals surface area contributed by atoms with E-state index in [4.69, 9.17) is 4.74 Å². The van der Waals surface area contributed by atoms with Crippen LogP contribution in [0.1, 0.15) is 50.4 Å². The number of aromatic nitrogens is 2. The smallest absolute Gasteiger partial charge is 0.331 e. The van der Waals surface area contributed by atoms with Crippen LogP contribution in [0.15, 0.2) is 4.79 Å². The number of nitrogens with zero attached hydrogens (tertiary/aromatic N) is 2. The molecule has 1 atom stereocenters. The minimum Gasteiger partial charge on any atom is -0.464 e. The van der Waals surface area contributed by atoms with Crippen molar-refractivity contribution in [1.29, 1.82) is 0 Å². The van der Waals surface area contributed by atoms with Crippen molar-refractivity contribution < 1.29 is 9.53 Å². The molecule has 2 aromatic rings. The van der Waals surface area contributed by atoms with Gasteiger partial charge in [-0.1, -0.05) is 6.92 Å². The average Bonchev–Trinajstić information content (AvgIpc) is 2.84. The summed E-state index contributed by atoms with van der Waals surface area (Å²) >= 11 is 1.63. The maximum absolute atomic E-state index is 13.2. The molecule has 2 heterocycles. The van der Waals surface area contributed by atoms with Gasteiger partial charge in [-0.15, -0.1) is 11.3 Å². The molecular formula is C18H24N2O3S. The predicted molar refractivity (Wildman–Crippen MR) is 95.8 cm³/mol. The summed E-state index contributed by atoms with van der Waals surface area (Å²) in [5.41, 5.74) is -0.0589. The standard InChI is InChI=1S/C18H24N2O3S/c1-6-23-17(22)18(4,5)20-11(3)19-15-14(16(20)21)12-8-7-10(2)9-13(12)24-15/h10H,6-9H2,1-5H3. The molecule has 0 bridgehead atoms. The van der Waals surface area contributed by atoms with Gasteiger partial charge in [0.15, 0.2) is 0 Å². The van der Waals surface area contributed by atoms with Crippen molar-refractivity contribution in [3.63, 3.8) is 0 Å². The molecule has 1 aliphatic carbocycles. The molecule has 0 spiro atoms. The number of carbonyl (C=O) groups is 1. The Bertz CT molecular complexity index is 863. The first kappa shape index (κ1) is 17.1. The zero-order valence-corrected chi connectivity index (χ0v) is 15.7. The van der Waals surface area contributed by atoms with Crippen molar-refractivity contribution in [2.75, 3.05) is 6.61 Å². The zero-order chi connectivity index (χ0) is 17.6. The van der Waals surface area contributed by atoms with E-state index in [1.165, 1.54) is 9.44 Å². The minimum absolute atomic E-state index is 0.123. The molecule has 0 saturated heterocycles. The number of thiophene rings is 1. The highest BCUT2D eigenvalue weighted by Gasteiger charge is 2.35. The van der Waals surface area contributed by atoms with Crippen molar-refractivity contribution in [2.24, 2.45) is 5.92 Å². The molecule has 0 fully saturated rings. The van der Waals surface area contributed by atoms with Gasteiger partial charge in [-0.05, 0) is 58.4 Å². The zero-order valence-electron chi connectivity index (χ0n) is 14.9. The van der Waals surface area contributed by atoms with Crippen molar-refractivity contribution in [2.45, 2.75) is 59.4 Å². The second-order valence-corrected chi connectivity index (χ2v) is 8.19. The number of esters is 1. The fourth-order valence-corrected chi connectivity index (χ4v) is 4.97. The lowest BCUT2D eigenvalue weighted by Gasteiger charge is -2.26. The normalized spacial score (nSPS) is 17.8. The van der Waals surface area contributed by atoms with Crippen molar-refractivity contribution in [3.05, 3.63) is 26.6 Å². The Labute approximate surface area is 145 Å². The van der Waals surface area contributed by atoms with E-state index in [1.807, 2.05) is 0 Å². The van der Waals surface area contributed by atoms with Crippen LogP contribution >= 0.6 is 11.3 Å². The third kappa shape index (κ3) is 2.57. The van der Waals surface area contributed by atoms with Crippen LogP contribution in [-0.2, 0) is 27.9 Å². The molecule has 24 heavy (non-hydrogen) atoms. The van der Waals surface area contributed by atoms with Crippen LogP contribution in [0.25, 0.3) is 10.2 Å². The Hall–Kier alpha value is -1.69. The number of rotatable bonds is 3. The van der Waals surface area contributed by atoms with Gasteiger partial charge in [0.05, 0.1) is 12.0 Å². The lowest BCUT2D eigenvalue weighted by Crippen LogP contribution is -2.45. The summed E-state index contributed by atoms with van der Waals surface area (Å²) < 4.78 is 6.67. The summed E-state index contributed by atoms with van der Waals surface area (Å²) in [5, 5.41) is 0.699. The van der Waals surface area contributed by atoms with Gasteiger partial charge < -0.3 is 4.74 Å². The van der Waals surface area contributed by atoms with Crippen molar-refractivity contribution in [3.8, 4) is 0 Å². The van der Waals surface area contributed by atoms with Crippen LogP contribution in [0.2, 0.25) is 0 Å². The lowest BCUT2D eigenvalue weighted by molar-refractivity contribution is -0.152. The highest BCUT2D eigenvalue weighted by molar-refractivity contribution is 7.18. The number of hydrogen-bond acceptors (Lipinski definition) is 5. The molecule has 0 aromatic carbocycles. The third-order valence-electron chi connectivity index (χ3n) is 4.83. The Morgan fingerprint density at radius 1 is 1.46 bits per heavy atom. The maximum Gasteiger partial charge on any atom is 0.331 e. The van der Waals surface area contributed by atoms with E-state index in [2.05, 4.69) is 11.9 Å². The molecule has 0 radical (unpaired) electrons. The highest BCUT2D eigenvalue weighted by Crippen LogP contribution is 2.36. The van der Waals surface area contributed by atoms with Gasteiger partial charge in [-0.3, -0.25) is 9.36 Å². The summed E-state index contributed by atoms with van der Waals surface area (Å²) in [5.74, 6) is 0.788. The molecule has 3 rings (SSSR count). The minimum atomic E-state index is -1.07. The number of carbonyl (C=O) groups excluding carboxylic acids is 1. The van der Waals surface area contributed by atoms with Crippen LogP contribution < -0.4 is 5.56 Å². The average molecular weight is 348 g/mol. The van der Waals surface area contributed by atoms with Gasteiger partial charge in [0.25, 0.3) is 5.56 Å². The van der Waals surface area contributed by atoms with Gasteiger partial charge in [-0.2, -0.15) is 0 Å². The molecule has 0 saturated carbocycles. The third-order valence-corrected chi connectivity index (χ3v) is 5.98. The van der Waals surface area contributed by atoms with E-state index in [0.29, 0.717) is 17.1 Å². The second kappa shape index (κ2) is 5.99. The second-order valence-electron chi connectivity index (χ2n) is 7.11. The van der Waals surface area contributed by atoms with E-state index in [0.717, 1.165) is 29.7 Å². The number of hydrogen-bond donors (Lipinski definition) is 0. The Kier molecular flexibility index (Phi) is 4.28. The molecule has 5 nitrogen and oxygen atoms in total. The predicted octanol–water partition coefficient (Wildman–Crippen LogP) is 3.19. The Balaban J connectivity index is 2.24. The molecule has 0 amide bonds. The number of ether oxygens (including phenoxy) is 1. The molecule has 0 aliphatic heterocycles. The Morgan fingerprint density at radius 2 is 2.17 bits per heavy atom. The molecule has 2 aromatic heterocycles. The fourth-order valence-electron chi connectivity index (χ4n) is 3.55. The monoisotopic (exact) mass is 348 g/mol. The first-order chi connectivity index (χ1) is 11.3. The summed E-state index contributed by atoms with van der Waals surface area (Å²) in [6, 6.07) is 0. The summed E-state index contributed by atoms with van der Waals surface area (Å²) in [4.78, 5) is 32.3. The lowest BCUT2D eigenvalue weighted by atomic mass is 9.89. The van der Waals surface area contributed by atoms with Crippen molar-refractivity contribution in [1.82, 2.24) is 9.55 Å². The highest BCUT2D eigenvalue weighted by atomic mass is 32.1. The first-order valence-corrected chi connectivity index (χ1v) is 9.30. The summed E-state index contributed by atoms with van der Waals surface area (Å²) in [6.07, 6.45) is 3.01. The van der Waals surface area contributed by atoms with E-state index in [9.17, 15) is 9.59 Å². The largest absolute Gasteiger partial charge is 0.464 e. The summed E-state index contributed by atoms with van der Waals surface area (Å²) in [6.45, 7) is 9.51. The maximum atomic E-state index is 13.2. The van der Waals surface area contributed by atoms with Crippen molar-refractivity contribution >= 4 is 27.5 Å². The molecule has 1 aliphatic rings. The van der Waals surface area contributed by atoms with Crippen LogP contribution in [-0.4, -0.2) is 22.1 Å². The van der Waals surface area contributed by atoms with Gasteiger partial charge in [-0.25, -0.2) is 9.78 Å². The van der Waals surface area contributed by atoms with Gasteiger partial charge in [0, 0.05) is 4.88 Å². The van der Waals surface area contributed by atoms with E-state index in [-0.39, 0.29) is 12.2 Å². The summed E-state index contributed by atoms with van der Waals surface area (Å²) in [7, 11) is 0. The van der Waals surface area contributed by atoms with E-state index < -0.39 is 11.5 Å². The van der Waals surface area contributed by atoms with Crippen LogP contribution in [0, 0.1) is 12.8 Å². The van der Waals surface area contributed by atoms with Crippen LogP contribution in [0.4, 0.5) is 0 Å². The topological polar surface area (TPSA) is 61.2 Å². The SMILES string of the molecule is CCOC(=O)C(C)(C)n1c(C)nc2sc3c(c2c1=O)CCC(C)C3. The molecule has 6 heteroatoms.